The van der Waals surface area contributed by atoms with Crippen molar-refractivity contribution >= 4 is 22.3 Å². The van der Waals surface area contributed by atoms with Crippen molar-refractivity contribution in [3.05, 3.63) is 46.9 Å². The van der Waals surface area contributed by atoms with E-state index in [0.717, 1.165) is 28.2 Å². The zero-order chi connectivity index (χ0) is 11.9. The van der Waals surface area contributed by atoms with E-state index in [2.05, 4.69) is 0 Å². The van der Waals surface area contributed by atoms with Gasteiger partial charge in [-0.3, -0.25) is 0 Å². The zero-order valence-electron chi connectivity index (χ0n) is 9.46. The Balaban J connectivity index is 1.72. The van der Waals surface area contributed by atoms with Crippen LogP contribution in [-0.4, -0.2) is 6.61 Å². The van der Waals surface area contributed by atoms with Crippen molar-refractivity contribution < 1.29 is 13.9 Å². The van der Waals surface area contributed by atoms with Gasteiger partial charge in [0.05, 0.1) is 0 Å². The molecule has 3 heterocycles. The van der Waals surface area contributed by atoms with E-state index in [0.29, 0.717) is 6.61 Å². The lowest BCUT2D eigenvalue weighted by Crippen LogP contribution is -2.20. The Bertz CT molecular complexity index is 665. The molecule has 0 fully saturated rings. The third kappa shape index (κ3) is 1.49. The van der Waals surface area contributed by atoms with Crippen molar-refractivity contribution in [2.45, 2.75) is 6.10 Å². The second kappa shape index (κ2) is 3.78. The van der Waals surface area contributed by atoms with Crippen LogP contribution in [0.1, 0.15) is 11.9 Å². The number of benzene rings is 1. The first-order valence-electron chi connectivity index (χ1n) is 5.74. The van der Waals surface area contributed by atoms with Gasteiger partial charge >= 0.3 is 0 Å². The van der Waals surface area contributed by atoms with Gasteiger partial charge in [0.15, 0.2) is 17.6 Å². The Morgan fingerprint density at radius 1 is 1.11 bits per heavy atom. The van der Waals surface area contributed by atoms with Crippen LogP contribution in [0.15, 0.2) is 45.5 Å². The van der Waals surface area contributed by atoms with Crippen molar-refractivity contribution in [2.24, 2.45) is 0 Å². The molecule has 1 atom stereocenters. The average Bonchev–Trinajstić information content (AvgIpc) is 3.04. The lowest BCUT2D eigenvalue weighted by molar-refractivity contribution is 0.0778. The largest absolute Gasteiger partial charge is 0.484 e. The Labute approximate surface area is 108 Å². The monoisotopic (exact) mass is 258 g/mol. The van der Waals surface area contributed by atoms with Crippen molar-refractivity contribution in [1.29, 1.82) is 0 Å². The molecule has 2 aromatic heterocycles. The van der Waals surface area contributed by atoms with E-state index >= 15 is 0 Å². The van der Waals surface area contributed by atoms with Crippen LogP contribution in [-0.2, 0) is 0 Å². The maximum absolute atomic E-state index is 5.88. The fourth-order valence-corrected chi connectivity index (χ4v) is 2.79. The Hall–Kier alpha value is -1.94. The zero-order valence-corrected chi connectivity index (χ0v) is 10.3. The highest BCUT2D eigenvalue weighted by Gasteiger charge is 2.26. The summed E-state index contributed by atoms with van der Waals surface area (Å²) in [4.78, 5) is 0. The molecular formula is C14H10O3S. The molecule has 3 aromatic rings. The van der Waals surface area contributed by atoms with Crippen LogP contribution in [0.2, 0.25) is 0 Å². The maximum atomic E-state index is 5.88. The summed E-state index contributed by atoms with van der Waals surface area (Å²) in [6.45, 7) is 0.490. The summed E-state index contributed by atoms with van der Waals surface area (Å²) in [5, 5.41) is 4.99. The van der Waals surface area contributed by atoms with Gasteiger partial charge in [0.2, 0.25) is 0 Å². The summed E-state index contributed by atoms with van der Waals surface area (Å²) < 4.78 is 17.3. The van der Waals surface area contributed by atoms with Crippen LogP contribution in [0.3, 0.4) is 0 Å². The number of rotatable bonds is 1. The first-order chi connectivity index (χ1) is 8.90. The maximum Gasteiger partial charge on any atom is 0.190 e. The molecule has 0 spiro atoms. The van der Waals surface area contributed by atoms with Crippen molar-refractivity contribution in [3.63, 3.8) is 0 Å². The SMILES string of the molecule is c1ccc2oc(C3COc4cscc4O3)cc2c1. The minimum atomic E-state index is -0.167. The molecule has 4 heteroatoms. The Kier molecular flexibility index (Phi) is 2.11. The van der Waals surface area contributed by atoms with E-state index in [1.54, 1.807) is 11.3 Å². The van der Waals surface area contributed by atoms with E-state index in [9.17, 15) is 0 Å². The molecule has 0 radical (unpaired) electrons. The Morgan fingerprint density at radius 3 is 2.94 bits per heavy atom. The lowest BCUT2D eigenvalue weighted by atomic mass is 10.2. The second-order valence-electron chi connectivity index (χ2n) is 4.20. The number of thiophene rings is 1. The minimum Gasteiger partial charge on any atom is -0.484 e. The van der Waals surface area contributed by atoms with Gasteiger partial charge in [-0.2, -0.15) is 0 Å². The third-order valence-corrected chi connectivity index (χ3v) is 3.71. The van der Waals surface area contributed by atoms with Gasteiger partial charge < -0.3 is 13.9 Å². The van der Waals surface area contributed by atoms with Gasteiger partial charge in [-0.15, -0.1) is 11.3 Å². The predicted molar refractivity (Wildman–Crippen MR) is 69.4 cm³/mol. The van der Waals surface area contributed by atoms with Crippen LogP contribution in [0.25, 0.3) is 11.0 Å². The fraction of sp³-hybridized carbons (Fsp3) is 0.143. The summed E-state index contributed by atoms with van der Waals surface area (Å²) >= 11 is 1.58. The molecule has 1 unspecified atom stereocenters. The first-order valence-corrected chi connectivity index (χ1v) is 6.68. The summed E-state index contributed by atoms with van der Waals surface area (Å²) in [6, 6.07) is 9.96. The van der Waals surface area contributed by atoms with Gasteiger partial charge in [-0.25, -0.2) is 0 Å². The summed E-state index contributed by atoms with van der Waals surface area (Å²) in [6.07, 6.45) is -0.167. The standard InChI is InChI=1S/C14H10O3S/c1-2-4-10-9(3-1)5-11(16-10)12-6-15-13-7-18-8-14(13)17-12/h1-5,7-8,12H,6H2. The smallest absolute Gasteiger partial charge is 0.190 e. The summed E-state index contributed by atoms with van der Waals surface area (Å²) in [5.74, 6) is 2.44. The number of furan rings is 1. The molecule has 90 valence electrons. The van der Waals surface area contributed by atoms with E-state index in [-0.39, 0.29) is 6.10 Å². The molecule has 1 aliphatic heterocycles. The quantitative estimate of drug-likeness (QED) is 0.661. The molecule has 1 aliphatic rings. The fourth-order valence-electron chi connectivity index (χ4n) is 2.12. The van der Waals surface area contributed by atoms with Gasteiger partial charge in [0.1, 0.15) is 18.0 Å². The van der Waals surface area contributed by atoms with E-state index in [4.69, 9.17) is 13.9 Å². The number of hydrogen-bond acceptors (Lipinski definition) is 4. The van der Waals surface area contributed by atoms with Crippen molar-refractivity contribution in [1.82, 2.24) is 0 Å². The highest BCUT2D eigenvalue weighted by molar-refractivity contribution is 7.08. The lowest BCUT2D eigenvalue weighted by Gasteiger charge is -2.22. The number of fused-ring (bicyclic) bond motifs is 2. The molecule has 0 N–H and O–H groups in total. The van der Waals surface area contributed by atoms with E-state index in [1.165, 1.54) is 0 Å². The van der Waals surface area contributed by atoms with Crippen LogP contribution >= 0.6 is 11.3 Å². The van der Waals surface area contributed by atoms with Crippen molar-refractivity contribution in [3.8, 4) is 11.5 Å². The molecule has 0 bridgehead atoms. The molecule has 0 saturated carbocycles. The average molecular weight is 258 g/mol. The summed E-state index contributed by atoms with van der Waals surface area (Å²) in [7, 11) is 0. The van der Waals surface area contributed by atoms with Crippen molar-refractivity contribution in [2.75, 3.05) is 6.61 Å². The molecule has 1 aromatic carbocycles. The molecule has 18 heavy (non-hydrogen) atoms. The van der Waals surface area contributed by atoms with E-state index < -0.39 is 0 Å². The van der Waals surface area contributed by atoms with Gasteiger partial charge in [0.25, 0.3) is 0 Å². The van der Waals surface area contributed by atoms with Gasteiger partial charge in [-0.1, -0.05) is 18.2 Å². The summed E-state index contributed by atoms with van der Waals surface area (Å²) in [5.41, 5.74) is 0.882. The molecule has 3 nitrogen and oxygen atoms in total. The molecule has 0 saturated heterocycles. The van der Waals surface area contributed by atoms with Crippen LogP contribution in [0, 0.1) is 0 Å². The molecule has 0 amide bonds. The highest BCUT2D eigenvalue weighted by Crippen LogP contribution is 2.39. The topological polar surface area (TPSA) is 31.6 Å². The van der Waals surface area contributed by atoms with Crippen LogP contribution in [0.5, 0.6) is 11.5 Å². The normalized spacial score (nSPS) is 18.1. The number of hydrogen-bond donors (Lipinski definition) is 0. The molecule has 0 aliphatic carbocycles. The molecule has 4 rings (SSSR count). The van der Waals surface area contributed by atoms with Gasteiger partial charge in [-0.05, 0) is 12.1 Å². The van der Waals surface area contributed by atoms with Gasteiger partial charge in [0, 0.05) is 16.1 Å². The van der Waals surface area contributed by atoms with Crippen LogP contribution in [0.4, 0.5) is 0 Å². The van der Waals surface area contributed by atoms with Crippen LogP contribution < -0.4 is 9.47 Å². The Morgan fingerprint density at radius 2 is 2.00 bits per heavy atom. The highest BCUT2D eigenvalue weighted by atomic mass is 32.1. The third-order valence-electron chi connectivity index (χ3n) is 3.01. The second-order valence-corrected chi connectivity index (χ2v) is 4.95. The number of para-hydroxylation sites is 1. The molecular weight excluding hydrogens is 248 g/mol. The predicted octanol–water partition coefficient (Wildman–Crippen LogP) is 4.01. The number of ether oxygens (including phenoxy) is 2. The first kappa shape index (κ1) is 10.0. The van der Waals surface area contributed by atoms with E-state index in [1.807, 2.05) is 41.1 Å². The minimum absolute atomic E-state index is 0.167.